The first-order valence-corrected chi connectivity index (χ1v) is 9.18. The molecule has 2 fully saturated rings. The third-order valence-corrected chi connectivity index (χ3v) is 6.17. The highest BCUT2D eigenvalue weighted by atomic mass is 19.1. The Morgan fingerprint density at radius 1 is 1.16 bits per heavy atom. The van der Waals surface area contributed by atoms with Crippen LogP contribution in [0, 0.1) is 11.7 Å². The van der Waals surface area contributed by atoms with Crippen molar-refractivity contribution in [3.63, 3.8) is 0 Å². The zero-order valence-electron chi connectivity index (χ0n) is 15.5. The zero-order chi connectivity index (χ0) is 18.0. The molecule has 0 saturated carbocycles. The van der Waals surface area contributed by atoms with Gasteiger partial charge in [-0.2, -0.15) is 0 Å². The number of rotatable bonds is 8. The lowest BCUT2D eigenvalue weighted by Gasteiger charge is -2.42. The molecule has 0 amide bonds. The number of hydrogen-bond acceptors (Lipinski definition) is 4. The molecule has 25 heavy (non-hydrogen) atoms. The summed E-state index contributed by atoms with van der Waals surface area (Å²) in [6.45, 7) is 4.53. The standard InChI is InChI=1S/C20H29FO4/c1-5-20(6-2,23-4)14-11-16-18(22-3)19(17(14)25-16)24-12-13-9-7-8-10-15(13)21/h7-10,14,16-19H,5-6,11-12H2,1-4H3. The molecule has 2 aliphatic heterocycles. The monoisotopic (exact) mass is 352 g/mol. The van der Waals surface area contributed by atoms with Gasteiger partial charge in [0.1, 0.15) is 18.0 Å². The van der Waals surface area contributed by atoms with Crippen LogP contribution in [0.15, 0.2) is 24.3 Å². The van der Waals surface area contributed by atoms with Gasteiger partial charge >= 0.3 is 0 Å². The molecule has 3 rings (SSSR count). The van der Waals surface area contributed by atoms with E-state index in [0.29, 0.717) is 5.56 Å². The molecule has 0 aliphatic carbocycles. The van der Waals surface area contributed by atoms with E-state index in [0.717, 1.165) is 19.3 Å². The average Bonchev–Trinajstić information content (AvgIpc) is 3.21. The fraction of sp³-hybridized carbons (Fsp3) is 0.700. The second-order valence-electron chi connectivity index (χ2n) is 7.02. The van der Waals surface area contributed by atoms with E-state index in [4.69, 9.17) is 18.9 Å². The van der Waals surface area contributed by atoms with E-state index in [9.17, 15) is 4.39 Å². The number of benzene rings is 1. The highest BCUT2D eigenvalue weighted by Crippen LogP contribution is 2.49. The summed E-state index contributed by atoms with van der Waals surface area (Å²) in [4.78, 5) is 0. The van der Waals surface area contributed by atoms with Crippen LogP contribution in [0.1, 0.15) is 38.7 Å². The Balaban J connectivity index is 1.77. The molecule has 0 radical (unpaired) electrons. The van der Waals surface area contributed by atoms with Crippen LogP contribution in [-0.4, -0.2) is 44.2 Å². The fourth-order valence-corrected chi connectivity index (χ4v) is 4.66. The van der Waals surface area contributed by atoms with Gasteiger partial charge in [0.05, 0.1) is 24.4 Å². The zero-order valence-corrected chi connectivity index (χ0v) is 15.5. The summed E-state index contributed by atoms with van der Waals surface area (Å²) in [5.41, 5.74) is 0.346. The van der Waals surface area contributed by atoms with Gasteiger partial charge in [-0.25, -0.2) is 4.39 Å². The Bertz CT molecular complexity index is 566. The van der Waals surface area contributed by atoms with E-state index in [2.05, 4.69) is 13.8 Å². The topological polar surface area (TPSA) is 36.9 Å². The van der Waals surface area contributed by atoms with E-state index < -0.39 is 0 Å². The van der Waals surface area contributed by atoms with Gasteiger partial charge in [0, 0.05) is 25.7 Å². The average molecular weight is 352 g/mol. The Hall–Kier alpha value is -1.01. The molecule has 0 spiro atoms. The summed E-state index contributed by atoms with van der Waals surface area (Å²) in [7, 11) is 3.47. The third kappa shape index (κ3) is 3.23. The SMILES string of the molecule is CCC(CC)(OC)C1CC2OC1C(OCc1ccccc1F)C2OC. The number of methoxy groups -OCH3 is 2. The van der Waals surface area contributed by atoms with Gasteiger partial charge in [0.25, 0.3) is 0 Å². The van der Waals surface area contributed by atoms with Crippen LogP contribution in [0.25, 0.3) is 0 Å². The van der Waals surface area contributed by atoms with Crippen molar-refractivity contribution >= 4 is 0 Å². The first kappa shape index (κ1) is 18.8. The van der Waals surface area contributed by atoms with Crippen LogP contribution in [-0.2, 0) is 25.6 Å². The molecule has 2 saturated heterocycles. The predicted molar refractivity (Wildman–Crippen MR) is 92.9 cm³/mol. The van der Waals surface area contributed by atoms with Gasteiger partial charge in [-0.15, -0.1) is 0 Å². The molecule has 0 N–H and O–H groups in total. The van der Waals surface area contributed by atoms with Crippen LogP contribution < -0.4 is 0 Å². The number of ether oxygens (including phenoxy) is 4. The third-order valence-electron chi connectivity index (χ3n) is 6.17. The highest BCUT2D eigenvalue weighted by Gasteiger charge is 2.60. The van der Waals surface area contributed by atoms with E-state index in [1.165, 1.54) is 6.07 Å². The molecule has 4 nitrogen and oxygen atoms in total. The van der Waals surface area contributed by atoms with Crippen LogP contribution in [0.3, 0.4) is 0 Å². The maximum absolute atomic E-state index is 13.9. The second-order valence-corrected chi connectivity index (χ2v) is 7.02. The highest BCUT2D eigenvalue weighted by molar-refractivity contribution is 5.17. The molecule has 5 atom stereocenters. The van der Waals surface area contributed by atoms with Gasteiger partial charge in [0.2, 0.25) is 0 Å². The fourth-order valence-electron chi connectivity index (χ4n) is 4.66. The lowest BCUT2D eigenvalue weighted by Crippen LogP contribution is -2.52. The van der Waals surface area contributed by atoms with Crippen molar-refractivity contribution < 1.29 is 23.3 Å². The second kappa shape index (κ2) is 7.70. The van der Waals surface area contributed by atoms with Gasteiger partial charge in [0.15, 0.2) is 0 Å². The predicted octanol–water partition coefficient (Wildman–Crippen LogP) is 3.72. The molecule has 2 aliphatic rings. The van der Waals surface area contributed by atoms with Gasteiger partial charge in [-0.3, -0.25) is 0 Å². The van der Waals surface area contributed by atoms with Crippen molar-refractivity contribution in [2.24, 2.45) is 5.92 Å². The van der Waals surface area contributed by atoms with E-state index in [-0.39, 0.29) is 48.4 Å². The minimum Gasteiger partial charge on any atom is -0.378 e. The van der Waals surface area contributed by atoms with E-state index in [1.807, 2.05) is 6.07 Å². The van der Waals surface area contributed by atoms with Crippen LogP contribution in [0.2, 0.25) is 0 Å². The van der Waals surface area contributed by atoms with E-state index >= 15 is 0 Å². The van der Waals surface area contributed by atoms with Crippen molar-refractivity contribution in [2.45, 2.75) is 69.7 Å². The van der Waals surface area contributed by atoms with E-state index in [1.54, 1.807) is 26.4 Å². The largest absolute Gasteiger partial charge is 0.378 e. The summed E-state index contributed by atoms with van der Waals surface area (Å²) in [6, 6.07) is 6.71. The molecular weight excluding hydrogens is 323 g/mol. The maximum atomic E-state index is 13.9. The first-order valence-electron chi connectivity index (χ1n) is 9.18. The molecule has 2 bridgehead atoms. The Labute approximate surface area is 149 Å². The minimum atomic E-state index is -0.245. The Morgan fingerprint density at radius 3 is 2.48 bits per heavy atom. The van der Waals surface area contributed by atoms with Crippen molar-refractivity contribution in [1.82, 2.24) is 0 Å². The summed E-state index contributed by atoms with van der Waals surface area (Å²) in [5.74, 6) is 0.0139. The summed E-state index contributed by atoms with van der Waals surface area (Å²) in [6.07, 6.45) is 2.37. The van der Waals surface area contributed by atoms with Crippen molar-refractivity contribution in [2.75, 3.05) is 14.2 Å². The smallest absolute Gasteiger partial charge is 0.128 e. The van der Waals surface area contributed by atoms with Crippen molar-refractivity contribution in [1.29, 1.82) is 0 Å². The number of hydrogen-bond donors (Lipinski definition) is 0. The Kier molecular flexibility index (Phi) is 5.78. The molecule has 140 valence electrons. The molecule has 2 heterocycles. The van der Waals surface area contributed by atoms with Gasteiger partial charge in [-0.05, 0) is 25.3 Å². The number of fused-ring (bicyclic) bond motifs is 2. The molecule has 1 aromatic rings. The molecule has 5 heteroatoms. The van der Waals surface area contributed by atoms with Gasteiger partial charge < -0.3 is 18.9 Å². The van der Waals surface area contributed by atoms with Crippen LogP contribution in [0.5, 0.6) is 0 Å². The summed E-state index contributed by atoms with van der Waals surface area (Å²) in [5, 5.41) is 0. The van der Waals surface area contributed by atoms with Gasteiger partial charge in [-0.1, -0.05) is 32.0 Å². The van der Waals surface area contributed by atoms with Crippen molar-refractivity contribution in [3.8, 4) is 0 Å². The minimum absolute atomic E-state index is 0.0123. The quantitative estimate of drug-likeness (QED) is 0.715. The molecular formula is C20H29FO4. The normalized spacial score (nSPS) is 31.6. The number of halogens is 1. The first-order chi connectivity index (χ1) is 12.1. The summed E-state index contributed by atoms with van der Waals surface area (Å²) >= 11 is 0. The van der Waals surface area contributed by atoms with Crippen molar-refractivity contribution in [3.05, 3.63) is 35.6 Å². The lowest BCUT2D eigenvalue weighted by atomic mass is 9.72. The molecule has 0 aromatic heterocycles. The lowest BCUT2D eigenvalue weighted by molar-refractivity contribution is -0.132. The van der Waals surface area contributed by atoms with Crippen LogP contribution in [0.4, 0.5) is 4.39 Å². The maximum Gasteiger partial charge on any atom is 0.128 e. The molecule has 1 aromatic carbocycles. The van der Waals surface area contributed by atoms with Crippen LogP contribution >= 0.6 is 0 Å². The summed E-state index contributed by atoms with van der Waals surface area (Å²) < 4.78 is 37.8. The Morgan fingerprint density at radius 2 is 1.88 bits per heavy atom. The molecule has 5 unspecified atom stereocenters.